The van der Waals surface area contributed by atoms with Crippen molar-refractivity contribution in [2.24, 2.45) is 0 Å². The second kappa shape index (κ2) is 9.54. The van der Waals surface area contributed by atoms with Gasteiger partial charge in [0.15, 0.2) is 11.2 Å². The summed E-state index contributed by atoms with van der Waals surface area (Å²) in [5, 5.41) is 3.44. The van der Waals surface area contributed by atoms with Gasteiger partial charge >= 0.3 is 0 Å². The van der Waals surface area contributed by atoms with Crippen LogP contribution in [0.4, 0.5) is 0 Å². The van der Waals surface area contributed by atoms with Crippen molar-refractivity contribution in [1.82, 2.24) is 10.2 Å². The highest BCUT2D eigenvalue weighted by molar-refractivity contribution is 5.93. The molecule has 7 heteroatoms. The summed E-state index contributed by atoms with van der Waals surface area (Å²) in [5.74, 6) is 0.394. The fraction of sp³-hybridized carbons (Fsp3) is 0.360. The molecule has 7 nitrogen and oxygen atoms in total. The first kappa shape index (κ1) is 22.0. The number of rotatable bonds is 6. The van der Waals surface area contributed by atoms with Crippen LogP contribution in [0, 0.1) is 13.8 Å². The lowest BCUT2D eigenvalue weighted by Gasteiger charge is -2.35. The van der Waals surface area contributed by atoms with E-state index in [1.165, 1.54) is 6.07 Å². The molecule has 0 radical (unpaired) electrons. The number of aryl methyl sites for hydroxylation is 2. The number of carbonyl (C=O) groups is 1. The molecule has 0 aliphatic carbocycles. The number of nitrogens with zero attached hydrogens (tertiary/aromatic N) is 1. The molecule has 2 heterocycles. The maximum absolute atomic E-state index is 12.9. The number of methoxy groups -OCH3 is 1. The average molecular weight is 437 g/mol. The summed E-state index contributed by atoms with van der Waals surface area (Å²) in [6.07, 6.45) is 0. The molecule has 0 unspecified atom stereocenters. The summed E-state index contributed by atoms with van der Waals surface area (Å²) in [5.41, 5.74) is 3.17. The van der Waals surface area contributed by atoms with Crippen molar-refractivity contribution in [2.75, 3.05) is 40.0 Å². The molecule has 1 N–H and O–H groups in total. The molecule has 168 valence electrons. The molecular formula is C25H28N2O5. The first-order valence-corrected chi connectivity index (χ1v) is 10.8. The first-order chi connectivity index (χ1) is 15.5. The summed E-state index contributed by atoms with van der Waals surface area (Å²) in [4.78, 5) is 27.8. The Kier molecular flexibility index (Phi) is 6.58. The minimum absolute atomic E-state index is 0.0201. The Hall–Kier alpha value is -3.16. The van der Waals surface area contributed by atoms with Gasteiger partial charge in [-0.15, -0.1) is 0 Å². The SMILES string of the molecule is COc1ccc([C@@H](CNC(=O)c2cc(=O)c3ccc(C)c(C)c3o2)N2CCOCC2)cc1. The van der Waals surface area contributed by atoms with E-state index in [-0.39, 0.29) is 17.2 Å². The molecule has 32 heavy (non-hydrogen) atoms. The van der Waals surface area contributed by atoms with Crippen LogP contribution in [0.2, 0.25) is 0 Å². The van der Waals surface area contributed by atoms with Crippen molar-refractivity contribution >= 4 is 16.9 Å². The van der Waals surface area contributed by atoms with Gasteiger partial charge in [0.2, 0.25) is 0 Å². The van der Waals surface area contributed by atoms with E-state index in [0.717, 1.165) is 35.5 Å². The van der Waals surface area contributed by atoms with Crippen molar-refractivity contribution in [1.29, 1.82) is 0 Å². The number of benzene rings is 2. The Labute approximate surface area is 186 Å². The van der Waals surface area contributed by atoms with Crippen LogP contribution < -0.4 is 15.5 Å². The number of fused-ring (bicyclic) bond motifs is 1. The van der Waals surface area contributed by atoms with Gasteiger partial charge in [-0.2, -0.15) is 0 Å². The highest BCUT2D eigenvalue weighted by atomic mass is 16.5. The van der Waals surface area contributed by atoms with Crippen molar-refractivity contribution < 1.29 is 18.7 Å². The molecule has 4 rings (SSSR count). The van der Waals surface area contributed by atoms with Crippen molar-refractivity contribution in [2.45, 2.75) is 19.9 Å². The summed E-state index contributed by atoms with van der Waals surface area (Å²) >= 11 is 0. The maximum atomic E-state index is 12.9. The quantitative estimate of drug-likeness (QED) is 0.639. The van der Waals surface area contributed by atoms with Crippen LogP contribution in [0.25, 0.3) is 11.0 Å². The van der Waals surface area contributed by atoms with Gasteiger partial charge in [-0.25, -0.2) is 0 Å². The number of carbonyl (C=O) groups excluding carboxylic acids is 1. The van der Waals surface area contributed by atoms with E-state index in [9.17, 15) is 9.59 Å². The molecule has 0 spiro atoms. The second-order valence-electron chi connectivity index (χ2n) is 8.01. The fourth-order valence-corrected chi connectivity index (χ4v) is 4.01. The van der Waals surface area contributed by atoms with Crippen LogP contribution >= 0.6 is 0 Å². The highest BCUT2D eigenvalue weighted by Crippen LogP contribution is 2.24. The van der Waals surface area contributed by atoms with Crippen LogP contribution in [0.5, 0.6) is 5.75 Å². The van der Waals surface area contributed by atoms with Gasteiger partial charge in [-0.05, 0) is 48.7 Å². The lowest BCUT2D eigenvalue weighted by Crippen LogP contribution is -2.43. The zero-order valence-electron chi connectivity index (χ0n) is 18.6. The number of amides is 1. The van der Waals surface area contributed by atoms with Gasteiger partial charge in [0.25, 0.3) is 5.91 Å². The van der Waals surface area contributed by atoms with Crippen molar-refractivity contribution in [3.05, 3.63) is 75.1 Å². The van der Waals surface area contributed by atoms with E-state index >= 15 is 0 Å². The minimum atomic E-state index is -0.406. The van der Waals surface area contributed by atoms with E-state index in [2.05, 4.69) is 10.2 Å². The Bertz CT molecular complexity index is 1160. The number of hydrogen-bond donors (Lipinski definition) is 1. The van der Waals surface area contributed by atoms with Crippen LogP contribution in [0.1, 0.15) is 33.3 Å². The summed E-state index contributed by atoms with van der Waals surface area (Å²) in [7, 11) is 1.63. The predicted octanol–water partition coefficient (Wildman–Crippen LogP) is 3.22. The lowest BCUT2D eigenvalue weighted by atomic mass is 10.0. The Morgan fingerprint density at radius 2 is 1.84 bits per heavy atom. The Balaban J connectivity index is 1.57. The highest BCUT2D eigenvalue weighted by Gasteiger charge is 2.24. The zero-order chi connectivity index (χ0) is 22.7. The smallest absolute Gasteiger partial charge is 0.287 e. The average Bonchev–Trinajstić information content (AvgIpc) is 2.82. The summed E-state index contributed by atoms with van der Waals surface area (Å²) in [6, 6.07) is 12.7. The molecule has 1 aliphatic heterocycles. The first-order valence-electron chi connectivity index (χ1n) is 10.8. The van der Waals surface area contributed by atoms with Gasteiger partial charge in [0.05, 0.1) is 31.8 Å². The third kappa shape index (κ3) is 4.54. The Morgan fingerprint density at radius 3 is 2.53 bits per heavy atom. The minimum Gasteiger partial charge on any atom is -0.497 e. The van der Waals surface area contributed by atoms with E-state index in [1.807, 2.05) is 44.2 Å². The van der Waals surface area contributed by atoms with E-state index in [1.54, 1.807) is 13.2 Å². The second-order valence-corrected chi connectivity index (χ2v) is 8.01. The normalized spacial score (nSPS) is 15.5. The molecule has 1 aromatic heterocycles. The van der Waals surface area contributed by atoms with Gasteiger partial charge in [0, 0.05) is 25.7 Å². The van der Waals surface area contributed by atoms with Crippen molar-refractivity contribution in [3.8, 4) is 5.75 Å². The maximum Gasteiger partial charge on any atom is 0.287 e. The largest absolute Gasteiger partial charge is 0.497 e. The summed E-state index contributed by atoms with van der Waals surface area (Å²) < 4.78 is 16.6. The Morgan fingerprint density at radius 1 is 1.12 bits per heavy atom. The van der Waals surface area contributed by atoms with Crippen LogP contribution in [-0.2, 0) is 4.74 Å². The standard InChI is InChI=1S/C25H28N2O5/c1-16-4-9-20-22(28)14-23(32-24(20)17(16)2)25(29)26-15-21(27-10-12-31-13-11-27)18-5-7-19(30-3)8-6-18/h4-9,14,21H,10-13,15H2,1-3H3,(H,26,29)/t21-/m1/s1. The van der Waals surface area contributed by atoms with E-state index < -0.39 is 5.91 Å². The van der Waals surface area contributed by atoms with Gasteiger partial charge in [-0.1, -0.05) is 18.2 Å². The fourth-order valence-electron chi connectivity index (χ4n) is 4.01. The van der Waals surface area contributed by atoms with Crippen molar-refractivity contribution in [3.63, 3.8) is 0 Å². The number of ether oxygens (including phenoxy) is 2. The molecular weight excluding hydrogens is 408 g/mol. The molecule has 2 aromatic carbocycles. The van der Waals surface area contributed by atoms with E-state index in [0.29, 0.717) is 30.7 Å². The van der Waals surface area contributed by atoms with Gasteiger partial charge in [-0.3, -0.25) is 14.5 Å². The third-order valence-electron chi connectivity index (χ3n) is 6.08. The zero-order valence-corrected chi connectivity index (χ0v) is 18.6. The van der Waals surface area contributed by atoms with Crippen LogP contribution in [-0.4, -0.2) is 50.8 Å². The van der Waals surface area contributed by atoms with E-state index in [4.69, 9.17) is 13.9 Å². The monoisotopic (exact) mass is 436 g/mol. The number of morpholine rings is 1. The lowest BCUT2D eigenvalue weighted by molar-refractivity contribution is 0.0161. The van der Waals surface area contributed by atoms with Gasteiger partial charge < -0.3 is 19.2 Å². The molecule has 3 aromatic rings. The molecule has 1 aliphatic rings. The topological polar surface area (TPSA) is 81.0 Å². The summed E-state index contributed by atoms with van der Waals surface area (Å²) in [6.45, 7) is 7.06. The molecule has 1 saturated heterocycles. The number of nitrogens with one attached hydrogen (secondary N) is 1. The molecule has 1 fully saturated rings. The number of hydrogen-bond acceptors (Lipinski definition) is 6. The molecule has 1 amide bonds. The van der Waals surface area contributed by atoms with Gasteiger partial charge in [0.1, 0.15) is 11.3 Å². The molecule has 1 atom stereocenters. The predicted molar refractivity (Wildman–Crippen MR) is 122 cm³/mol. The molecule has 0 saturated carbocycles. The molecule has 0 bridgehead atoms. The van der Waals surface area contributed by atoms with Crippen LogP contribution in [0.3, 0.4) is 0 Å². The van der Waals surface area contributed by atoms with Crippen LogP contribution in [0.15, 0.2) is 51.7 Å². The third-order valence-corrected chi connectivity index (χ3v) is 6.08.